The van der Waals surface area contributed by atoms with Crippen molar-refractivity contribution in [3.8, 4) is 0 Å². The Morgan fingerprint density at radius 1 is 1.13 bits per heavy atom. The third-order valence-corrected chi connectivity index (χ3v) is 4.79. The van der Waals surface area contributed by atoms with Gasteiger partial charge in [0.1, 0.15) is 11.0 Å². The number of Topliss-reactive ketones (excluding diaryl/α,β-unsaturated/α-hetero) is 1. The van der Waals surface area contributed by atoms with Crippen molar-refractivity contribution in [2.75, 3.05) is 0 Å². The third-order valence-electron chi connectivity index (χ3n) is 4.26. The monoisotopic (exact) mass is 371 g/mol. The molecule has 5 nitrogen and oxygen atoms in total. The number of hydrogen-bond donors (Lipinski definition) is 0. The van der Waals surface area contributed by atoms with Crippen LogP contribution in [0.15, 0.2) is 53.0 Å². The van der Waals surface area contributed by atoms with Gasteiger partial charge < -0.3 is 4.84 Å². The summed E-state index contributed by atoms with van der Waals surface area (Å²) in [7, 11) is 0. The van der Waals surface area contributed by atoms with Crippen molar-refractivity contribution in [3.63, 3.8) is 0 Å². The van der Waals surface area contributed by atoms with E-state index in [1.54, 1.807) is 0 Å². The number of hydrogen-bond acceptors (Lipinski definition) is 4. The molecule has 1 heterocycles. The third kappa shape index (κ3) is 2.43. The highest BCUT2D eigenvalue weighted by atomic mass is 79.9. The van der Waals surface area contributed by atoms with Crippen molar-refractivity contribution in [1.29, 1.82) is 0 Å². The van der Waals surface area contributed by atoms with Gasteiger partial charge in [0.25, 0.3) is 0 Å². The molecule has 0 atom stereocenters. The number of carbonyl (C=O) groups excluding carboxylic acids is 1. The number of rotatable bonds is 4. The molecule has 1 aliphatic rings. The number of para-hydroxylation sites is 1. The van der Waals surface area contributed by atoms with Crippen molar-refractivity contribution in [2.45, 2.75) is 24.9 Å². The molecule has 1 saturated carbocycles. The van der Waals surface area contributed by atoms with Gasteiger partial charge in [-0.2, -0.15) is 0 Å². The van der Waals surface area contributed by atoms with Crippen LogP contribution in [0.25, 0.3) is 11.0 Å². The van der Waals surface area contributed by atoms with Crippen LogP contribution in [0.1, 0.15) is 29.6 Å². The van der Waals surface area contributed by atoms with Crippen LogP contribution >= 0.6 is 15.9 Å². The minimum Gasteiger partial charge on any atom is -0.380 e. The summed E-state index contributed by atoms with van der Waals surface area (Å²) in [4.78, 5) is 20.3. The molecule has 0 unspecified atom stereocenters. The van der Waals surface area contributed by atoms with E-state index in [0.29, 0.717) is 18.4 Å². The SMILES string of the molecule is O=C(c1ccc(Br)cc1)C1(On2nnc3ccccc32)CCC1. The van der Waals surface area contributed by atoms with Crippen molar-refractivity contribution >= 4 is 32.7 Å². The van der Waals surface area contributed by atoms with Crippen molar-refractivity contribution in [1.82, 2.24) is 15.2 Å². The summed E-state index contributed by atoms with van der Waals surface area (Å²) >= 11 is 3.39. The molecule has 1 aliphatic carbocycles. The number of halogens is 1. The highest BCUT2D eigenvalue weighted by Gasteiger charge is 2.48. The van der Waals surface area contributed by atoms with Gasteiger partial charge in [-0.05, 0) is 48.7 Å². The Bertz CT molecular complexity index is 869. The molecule has 0 saturated heterocycles. The highest BCUT2D eigenvalue weighted by Crippen LogP contribution is 2.37. The Hall–Kier alpha value is -2.21. The zero-order valence-electron chi connectivity index (χ0n) is 12.3. The predicted molar refractivity (Wildman–Crippen MR) is 89.2 cm³/mol. The van der Waals surface area contributed by atoms with Gasteiger partial charge in [0.15, 0.2) is 5.60 Å². The number of nitrogens with zero attached hydrogens (tertiary/aromatic N) is 3. The van der Waals surface area contributed by atoms with Gasteiger partial charge in [-0.1, -0.05) is 45.0 Å². The second-order valence-electron chi connectivity index (χ2n) is 5.73. The minimum atomic E-state index is -0.843. The van der Waals surface area contributed by atoms with E-state index in [1.807, 2.05) is 48.5 Å². The lowest BCUT2D eigenvalue weighted by atomic mass is 9.75. The lowest BCUT2D eigenvalue weighted by Crippen LogP contribution is -2.54. The maximum atomic E-state index is 12.9. The van der Waals surface area contributed by atoms with Crippen LogP contribution in [-0.4, -0.2) is 26.5 Å². The van der Waals surface area contributed by atoms with Crippen LogP contribution in [0.4, 0.5) is 0 Å². The minimum absolute atomic E-state index is 0.00386. The smallest absolute Gasteiger partial charge is 0.209 e. The molecular formula is C17H14BrN3O2. The molecule has 0 radical (unpaired) electrons. The van der Waals surface area contributed by atoms with Gasteiger partial charge in [-0.15, -0.1) is 5.10 Å². The van der Waals surface area contributed by atoms with E-state index in [0.717, 1.165) is 21.9 Å². The summed E-state index contributed by atoms with van der Waals surface area (Å²) in [6.45, 7) is 0. The number of benzene rings is 2. The van der Waals surface area contributed by atoms with Gasteiger partial charge >= 0.3 is 0 Å². The largest absolute Gasteiger partial charge is 0.380 e. The van der Waals surface area contributed by atoms with Crippen molar-refractivity contribution in [3.05, 3.63) is 58.6 Å². The van der Waals surface area contributed by atoms with Crippen LogP contribution < -0.4 is 4.84 Å². The zero-order chi connectivity index (χ0) is 15.9. The Morgan fingerprint density at radius 3 is 2.57 bits per heavy atom. The van der Waals surface area contributed by atoms with Gasteiger partial charge in [0.2, 0.25) is 5.78 Å². The van der Waals surface area contributed by atoms with Crippen LogP contribution in [0, 0.1) is 0 Å². The van der Waals surface area contributed by atoms with Crippen LogP contribution in [-0.2, 0) is 0 Å². The first kappa shape index (κ1) is 14.4. The lowest BCUT2D eigenvalue weighted by Gasteiger charge is -2.38. The highest BCUT2D eigenvalue weighted by molar-refractivity contribution is 9.10. The van der Waals surface area contributed by atoms with Crippen LogP contribution in [0.2, 0.25) is 0 Å². The Morgan fingerprint density at radius 2 is 1.87 bits per heavy atom. The van der Waals surface area contributed by atoms with Gasteiger partial charge in [0.05, 0.1) is 0 Å². The predicted octanol–water partition coefficient (Wildman–Crippen LogP) is 3.43. The van der Waals surface area contributed by atoms with E-state index in [9.17, 15) is 4.79 Å². The standard InChI is InChI=1S/C17H14BrN3O2/c18-13-8-6-12(7-9-13)16(22)17(10-3-11-17)23-21-15-5-2-1-4-14(15)19-20-21/h1-2,4-9H,3,10-11H2. The molecule has 116 valence electrons. The summed E-state index contributed by atoms with van der Waals surface area (Å²) < 4.78 is 0.944. The Labute approximate surface area is 141 Å². The number of fused-ring (bicyclic) bond motifs is 1. The zero-order valence-corrected chi connectivity index (χ0v) is 13.9. The second-order valence-corrected chi connectivity index (χ2v) is 6.64. The summed E-state index contributed by atoms with van der Waals surface area (Å²) in [6.07, 6.45) is 2.35. The van der Waals surface area contributed by atoms with E-state index in [4.69, 9.17) is 4.84 Å². The summed E-state index contributed by atoms with van der Waals surface area (Å²) in [5.41, 5.74) is 1.32. The number of aromatic nitrogens is 3. The molecule has 0 amide bonds. The van der Waals surface area contributed by atoms with E-state index in [-0.39, 0.29) is 5.78 Å². The topological polar surface area (TPSA) is 57.0 Å². The normalized spacial score (nSPS) is 16.0. The van der Waals surface area contributed by atoms with Crippen molar-refractivity contribution in [2.24, 2.45) is 0 Å². The molecule has 0 aliphatic heterocycles. The maximum Gasteiger partial charge on any atom is 0.209 e. The average Bonchev–Trinajstić information content (AvgIpc) is 2.94. The summed E-state index contributed by atoms with van der Waals surface area (Å²) in [6, 6.07) is 14.9. The number of ketones is 1. The Kier molecular flexibility index (Phi) is 3.41. The first-order valence-corrected chi connectivity index (χ1v) is 8.28. The second kappa shape index (κ2) is 5.45. The fourth-order valence-electron chi connectivity index (χ4n) is 2.80. The van der Waals surface area contributed by atoms with E-state index >= 15 is 0 Å². The molecule has 23 heavy (non-hydrogen) atoms. The van der Waals surface area contributed by atoms with E-state index < -0.39 is 5.60 Å². The molecule has 0 bridgehead atoms. The van der Waals surface area contributed by atoms with Crippen LogP contribution in [0.3, 0.4) is 0 Å². The molecule has 4 rings (SSSR count). The van der Waals surface area contributed by atoms with Gasteiger partial charge in [-0.3, -0.25) is 4.79 Å². The first-order chi connectivity index (χ1) is 11.2. The fraction of sp³-hybridized carbons (Fsp3) is 0.235. The van der Waals surface area contributed by atoms with Gasteiger partial charge in [-0.25, -0.2) is 0 Å². The first-order valence-electron chi connectivity index (χ1n) is 7.48. The fourth-order valence-corrected chi connectivity index (χ4v) is 3.07. The number of carbonyl (C=O) groups is 1. The molecule has 3 aromatic rings. The van der Waals surface area contributed by atoms with E-state index in [2.05, 4.69) is 26.2 Å². The molecule has 6 heteroatoms. The summed E-state index contributed by atoms with van der Waals surface area (Å²) in [5.74, 6) is -0.00386. The molecule has 0 N–H and O–H groups in total. The molecule has 1 aromatic heterocycles. The summed E-state index contributed by atoms with van der Waals surface area (Å²) in [5, 5.41) is 8.11. The van der Waals surface area contributed by atoms with Crippen LogP contribution in [0.5, 0.6) is 0 Å². The quantitative estimate of drug-likeness (QED) is 0.659. The maximum absolute atomic E-state index is 12.9. The Balaban J connectivity index is 1.67. The molecule has 2 aromatic carbocycles. The molecule has 1 fully saturated rings. The molecule has 0 spiro atoms. The lowest BCUT2D eigenvalue weighted by molar-refractivity contribution is -0.0865. The van der Waals surface area contributed by atoms with Crippen molar-refractivity contribution < 1.29 is 9.63 Å². The average molecular weight is 372 g/mol. The van der Waals surface area contributed by atoms with Gasteiger partial charge in [0, 0.05) is 10.0 Å². The molecular weight excluding hydrogens is 358 g/mol. The van der Waals surface area contributed by atoms with E-state index in [1.165, 1.54) is 4.85 Å².